The lowest BCUT2D eigenvalue weighted by atomic mass is 10.3. The molecule has 0 amide bonds. The van der Waals surface area contributed by atoms with E-state index in [-0.39, 0.29) is 30.5 Å². The zero-order valence-electron chi connectivity index (χ0n) is 9.95. The van der Waals surface area contributed by atoms with Gasteiger partial charge in [0.25, 0.3) is 5.56 Å². The fraction of sp³-hybridized carbons (Fsp3) is 0.636. The van der Waals surface area contributed by atoms with Crippen LogP contribution in [-0.4, -0.2) is 45.1 Å². The van der Waals surface area contributed by atoms with Gasteiger partial charge in [-0.3, -0.25) is 4.79 Å². The lowest BCUT2D eigenvalue weighted by Gasteiger charge is -2.18. The third-order valence-electron chi connectivity index (χ3n) is 2.96. The lowest BCUT2D eigenvalue weighted by molar-refractivity contribution is 0.0572. The Bertz CT molecular complexity index is 448. The van der Waals surface area contributed by atoms with Crippen LogP contribution >= 0.6 is 0 Å². The van der Waals surface area contributed by atoms with Crippen molar-refractivity contribution in [1.29, 1.82) is 0 Å². The maximum atomic E-state index is 12.1. The number of aliphatic hydroxyl groups is 2. The molecule has 6 heteroatoms. The molecule has 0 bridgehead atoms. The number of nitrogens with zero attached hydrogens (tertiary/aromatic N) is 3. The molecule has 0 spiro atoms. The molecule has 1 aliphatic heterocycles. The molecule has 2 heterocycles. The molecule has 2 atom stereocenters. The number of anilines is 1. The predicted molar refractivity (Wildman–Crippen MR) is 63.1 cm³/mol. The van der Waals surface area contributed by atoms with Crippen molar-refractivity contribution in [2.24, 2.45) is 0 Å². The Morgan fingerprint density at radius 3 is 2.47 bits per heavy atom. The van der Waals surface area contributed by atoms with E-state index in [4.69, 9.17) is 0 Å². The fourth-order valence-corrected chi connectivity index (χ4v) is 1.98. The minimum absolute atomic E-state index is 0.0571. The molecule has 0 aromatic carbocycles. The van der Waals surface area contributed by atoms with Crippen LogP contribution in [0.3, 0.4) is 0 Å². The van der Waals surface area contributed by atoms with E-state index in [9.17, 15) is 15.0 Å². The zero-order valence-corrected chi connectivity index (χ0v) is 9.95. The summed E-state index contributed by atoms with van der Waals surface area (Å²) in [5, 5.41) is 18.9. The Kier molecular flexibility index (Phi) is 3.17. The lowest BCUT2D eigenvalue weighted by Crippen LogP contribution is -2.33. The summed E-state index contributed by atoms with van der Waals surface area (Å²) < 4.78 is 1.58. The number of hydrogen-bond acceptors (Lipinski definition) is 5. The van der Waals surface area contributed by atoms with Crippen molar-refractivity contribution in [3.8, 4) is 0 Å². The molecule has 1 fully saturated rings. The van der Waals surface area contributed by atoms with Gasteiger partial charge < -0.3 is 19.7 Å². The van der Waals surface area contributed by atoms with Gasteiger partial charge in [-0.1, -0.05) is 0 Å². The molecule has 1 aliphatic rings. The molecule has 17 heavy (non-hydrogen) atoms. The van der Waals surface area contributed by atoms with Crippen LogP contribution in [0.25, 0.3) is 0 Å². The first kappa shape index (κ1) is 12.1. The van der Waals surface area contributed by atoms with Crippen molar-refractivity contribution >= 4 is 5.82 Å². The van der Waals surface area contributed by atoms with E-state index < -0.39 is 12.2 Å². The average molecular weight is 239 g/mol. The third kappa shape index (κ3) is 2.18. The first-order valence-electron chi connectivity index (χ1n) is 5.69. The Balaban J connectivity index is 2.34. The highest BCUT2D eigenvalue weighted by Gasteiger charge is 2.31. The van der Waals surface area contributed by atoms with Crippen LogP contribution in [0.15, 0.2) is 17.2 Å². The molecule has 0 radical (unpaired) electrons. The standard InChI is InChI=1S/C11H17N3O3/c1-7(2)14-4-3-12-10(11(14)17)13-5-8(15)9(16)6-13/h3-4,7-9,15-16H,5-6H2,1-2H3. The summed E-state index contributed by atoms with van der Waals surface area (Å²) in [7, 11) is 0. The third-order valence-corrected chi connectivity index (χ3v) is 2.96. The molecule has 1 aromatic rings. The van der Waals surface area contributed by atoms with Gasteiger partial charge in [0.2, 0.25) is 0 Å². The average Bonchev–Trinajstić information content (AvgIpc) is 2.59. The first-order valence-corrected chi connectivity index (χ1v) is 5.69. The van der Waals surface area contributed by atoms with Crippen molar-refractivity contribution in [1.82, 2.24) is 9.55 Å². The van der Waals surface area contributed by atoms with E-state index in [0.717, 1.165) is 0 Å². The van der Waals surface area contributed by atoms with E-state index in [1.165, 1.54) is 0 Å². The van der Waals surface area contributed by atoms with E-state index in [1.807, 2.05) is 13.8 Å². The molecule has 6 nitrogen and oxygen atoms in total. The topological polar surface area (TPSA) is 78.6 Å². The van der Waals surface area contributed by atoms with E-state index in [1.54, 1.807) is 21.9 Å². The molecule has 94 valence electrons. The summed E-state index contributed by atoms with van der Waals surface area (Å²) in [6.07, 6.45) is 1.57. The minimum atomic E-state index is -0.816. The van der Waals surface area contributed by atoms with Gasteiger partial charge in [0.05, 0.1) is 12.2 Å². The number of aromatic nitrogens is 2. The van der Waals surface area contributed by atoms with Crippen molar-refractivity contribution in [3.63, 3.8) is 0 Å². The van der Waals surface area contributed by atoms with Crippen LogP contribution in [0, 0.1) is 0 Å². The van der Waals surface area contributed by atoms with Gasteiger partial charge in [-0.05, 0) is 13.8 Å². The number of aliphatic hydroxyl groups excluding tert-OH is 2. The summed E-state index contributed by atoms with van der Waals surface area (Å²) in [4.78, 5) is 17.8. The van der Waals surface area contributed by atoms with E-state index in [0.29, 0.717) is 0 Å². The fourth-order valence-electron chi connectivity index (χ4n) is 1.98. The number of rotatable bonds is 2. The normalized spacial score (nSPS) is 24.6. The van der Waals surface area contributed by atoms with Crippen LogP contribution in [0.5, 0.6) is 0 Å². The molecule has 2 N–H and O–H groups in total. The van der Waals surface area contributed by atoms with Gasteiger partial charge in [0.15, 0.2) is 5.82 Å². The number of hydrogen-bond donors (Lipinski definition) is 2. The largest absolute Gasteiger partial charge is 0.389 e. The van der Waals surface area contributed by atoms with Gasteiger partial charge in [0.1, 0.15) is 0 Å². The molecule has 1 aromatic heterocycles. The Labute approximate surface area is 99.1 Å². The summed E-state index contributed by atoms with van der Waals surface area (Å²) in [6, 6.07) is 0.0571. The van der Waals surface area contributed by atoms with Gasteiger partial charge >= 0.3 is 0 Å². The molecule has 2 unspecified atom stereocenters. The highest BCUT2D eigenvalue weighted by molar-refractivity contribution is 5.38. The SMILES string of the molecule is CC(C)n1ccnc(N2CC(O)C(O)C2)c1=O. The van der Waals surface area contributed by atoms with E-state index in [2.05, 4.69) is 4.98 Å². The molecular formula is C11H17N3O3. The van der Waals surface area contributed by atoms with Gasteiger partial charge in [-0.25, -0.2) is 4.98 Å². The molecule has 0 saturated carbocycles. The molecule has 1 saturated heterocycles. The maximum Gasteiger partial charge on any atom is 0.293 e. The minimum Gasteiger partial charge on any atom is -0.389 e. The molecule has 0 aliphatic carbocycles. The second-order valence-electron chi connectivity index (χ2n) is 4.60. The highest BCUT2D eigenvalue weighted by Crippen LogP contribution is 2.15. The van der Waals surface area contributed by atoms with Crippen LogP contribution in [0.2, 0.25) is 0 Å². The van der Waals surface area contributed by atoms with Gasteiger partial charge in [-0.15, -0.1) is 0 Å². The molecule has 2 rings (SSSR count). The highest BCUT2D eigenvalue weighted by atomic mass is 16.3. The summed E-state index contributed by atoms with van der Waals surface area (Å²) in [5.74, 6) is 0.289. The predicted octanol–water partition coefficient (Wildman–Crippen LogP) is -0.634. The van der Waals surface area contributed by atoms with Crippen molar-refractivity contribution in [2.75, 3.05) is 18.0 Å². The van der Waals surface area contributed by atoms with Crippen LogP contribution in [0.4, 0.5) is 5.82 Å². The number of β-amino-alcohol motifs (C(OH)–C–C–N with tert-alkyl or cyclic N) is 2. The van der Waals surface area contributed by atoms with Crippen molar-refractivity contribution < 1.29 is 10.2 Å². The Hall–Kier alpha value is -1.40. The Morgan fingerprint density at radius 1 is 1.35 bits per heavy atom. The molecular weight excluding hydrogens is 222 g/mol. The maximum absolute atomic E-state index is 12.1. The zero-order chi connectivity index (χ0) is 12.6. The summed E-state index contributed by atoms with van der Waals surface area (Å²) in [6.45, 7) is 4.31. The van der Waals surface area contributed by atoms with Gasteiger partial charge in [0, 0.05) is 31.5 Å². The van der Waals surface area contributed by atoms with Crippen LogP contribution in [0.1, 0.15) is 19.9 Å². The second-order valence-corrected chi connectivity index (χ2v) is 4.60. The van der Waals surface area contributed by atoms with Gasteiger partial charge in [-0.2, -0.15) is 0 Å². The monoisotopic (exact) mass is 239 g/mol. The second kappa shape index (κ2) is 4.46. The van der Waals surface area contributed by atoms with Crippen molar-refractivity contribution in [3.05, 3.63) is 22.7 Å². The first-order chi connectivity index (χ1) is 8.00. The quantitative estimate of drug-likeness (QED) is 0.718. The van der Waals surface area contributed by atoms with Crippen LogP contribution in [-0.2, 0) is 0 Å². The van der Waals surface area contributed by atoms with Crippen LogP contribution < -0.4 is 10.5 Å². The van der Waals surface area contributed by atoms with E-state index >= 15 is 0 Å². The Morgan fingerprint density at radius 2 is 1.94 bits per heavy atom. The smallest absolute Gasteiger partial charge is 0.293 e. The summed E-state index contributed by atoms with van der Waals surface area (Å²) in [5.41, 5.74) is -0.191. The van der Waals surface area contributed by atoms with Crippen molar-refractivity contribution in [2.45, 2.75) is 32.1 Å². The summed E-state index contributed by atoms with van der Waals surface area (Å²) >= 11 is 0.